The van der Waals surface area contributed by atoms with Crippen LogP contribution in [0, 0.1) is 11.3 Å². The maximum atomic E-state index is 9.20. The zero-order chi connectivity index (χ0) is 13.7. The Morgan fingerprint density at radius 3 is 2.42 bits per heavy atom. The summed E-state index contributed by atoms with van der Waals surface area (Å²) in [5.74, 6) is 0. The van der Waals surface area contributed by atoms with Crippen LogP contribution in [0.5, 0.6) is 0 Å². The first-order valence-electron chi connectivity index (χ1n) is 6.98. The quantitative estimate of drug-likeness (QED) is 0.791. The maximum absolute atomic E-state index is 9.20. The molecule has 0 saturated heterocycles. The van der Waals surface area contributed by atoms with E-state index in [9.17, 15) is 5.26 Å². The average molecular weight is 252 g/mol. The van der Waals surface area contributed by atoms with Crippen LogP contribution in [0.2, 0.25) is 0 Å². The predicted molar refractivity (Wildman–Crippen MR) is 81.5 cm³/mol. The molecule has 0 heterocycles. The van der Waals surface area contributed by atoms with Crippen LogP contribution in [0.4, 0.5) is 5.69 Å². The van der Waals surface area contributed by atoms with Crippen molar-refractivity contribution in [2.24, 2.45) is 0 Å². The highest BCUT2D eigenvalue weighted by atomic mass is 15.1. The summed E-state index contributed by atoms with van der Waals surface area (Å²) < 4.78 is 0. The highest BCUT2D eigenvalue weighted by molar-refractivity contribution is 5.97. The fourth-order valence-corrected chi connectivity index (χ4v) is 2.45. The van der Waals surface area contributed by atoms with E-state index in [0.717, 1.165) is 24.0 Å². The molecule has 0 fully saturated rings. The van der Waals surface area contributed by atoms with Gasteiger partial charge in [0.15, 0.2) is 0 Å². The van der Waals surface area contributed by atoms with Crippen molar-refractivity contribution in [1.29, 1.82) is 5.26 Å². The number of nitriles is 1. The van der Waals surface area contributed by atoms with Crippen molar-refractivity contribution in [3.05, 3.63) is 42.0 Å². The predicted octanol–water partition coefficient (Wildman–Crippen LogP) is 4.34. The molecule has 2 heteroatoms. The molecule has 2 aromatic carbocycles. The van der Waals surface area contributed by atoms with Gasteiger partial charge in [-0.25, -0.2) is 0 Å². The molecule has 0 aliphatic heterocycles. The monoisotopic (exact) mass is 252 g/mol. The number of rotatable bonds is 5. The first-order valence-corrected chi connectivity index (χ1v) is 6.98. The van der Waals surface area contributed by atoms with Crippen molar-refractivity contribution in [2.75, 3.05) is 18.0 Å². The van der Waals surface area contributed by atoms with Crippen molar-refractivity contribution in [3.63, 3.8) is 0 Å². The first-order chi connectivity index (χ1) is 9.31. The Balaban J connectivity index is 2.52. The summed E-state index contributed by atoms with van der Waals surface area (Å²) in [7, 11) is 0. The third-order valence-electron chi connectivity index (χ3n) is 3.53. The number of unbranched alkanes of at least 4 members (excludes halogenated alkanes) is 1. The number of nitrogens with zero attached hydrogens (tertiary/aromatic N) is 2. The van der Waals surface area contributed by atoms with Gasteiger partial charge < -0.3 is 4.90 Å². The Morgan fingerprint density at radius 2 is 1.79 bits per heavy atom. The molecule has 0 aliphatic rings. The second kappa shape index (κ2) is 6.24. The summed E-state index contributed by atoms with van der Waals surface area (Å²) in [5.41, 5.74) is 2.00. The lowest BCUT2D eigenvalue weighted by atomic mass is 10.0. The molecular weight excluding hydrogens is 232 g/mol. The van der Waals surface area contributed by atoms with Gasteiger partial charge in [-0.1, -0.05) is 37.6 Å². The summed E-state index contributed by atoms with van der Waals surface area (Å²) in [6.07, 6.45) is 2.40. The van der Waals surface area contributed by atoms with Gasteiger partial charge in [0.25, 0.3) is 0 Å². The normalized spacial score (nSPS) is 10.4. The van der Waals surface area contributed by atoms with E-state index in [1.165, 1.54) is 23.9 Å². The third kappa shape index (κ3) is 2.71. The van der Waals surface area contributed by atoms with Gasteiger partial charge in [0.1, 0.15) is 0 Å². The van der Waals surface area contributed by atoms with Gasteiger partial charge >= 0.3 is 0 Å². The van der Waals surface area contributed by atoms with Gasteiger partial charge in [-0.15, -0.1) is 0 Å². The zero-order valence-corrected chi connectivity index (χ0v) is 11.7. The maximum Gasteiger partial charge on any atom is 0.0998 e. The lowest BCUT2D eigenvalue weighted by Gasteiger charge is -2.24. The van der Waals surface area contributed by atoms with Crippen LogP contribution >= 0.6 is 0 Å². The minimum Gasteiger partial charge on any atom is -0.371 e. The fourth-order valence-electron chi connectivity index (χ4n) is 2.45. The molecule has 2 aromatic rings. The van der Waals surface area contributed by atoms with Gasteiger partial charge in [-0.2, -0.15) is 5.26 Å². The summed E-state index contributed by atoms with van der Waals surface area (Å²) in [5, 5.41) is 11.4. The molecule has 0 unspecified atom stereocenters. The van der Waals surface area contributed by atoms with Crippen LogP contribution in [0.15, 0.2) is 36.4 Å². The third-order valence-corrected chi connectivity index (χ3v) is 3.53. The topological polar surface area (TPSA) is 27.0 Å². The second-order valence-corrected chi connectivity index (χ2v) is 4.72. The molecule has 0 radical (unpaired) electrons. The lowest BCUT2D eigenvalue weighted by Crippen LogP contribution is -2.24. The van der Waals surface area contributed by atoms with E-state index in [1.807, 2.05) is 24.3 Å². The molecule has 2 nitrogen and oxygen atoms in total. The van der Waals surface area contributed by atoms with Crippen LogP contribution in [0.1, 0.15) is 32.3 Å². The van der Waals surface area contributed by atoms with Crippen LogP contribution in [0.25, 0.3) is 10.8 Å². The minimum atomic E-state index is 0.755. The van der Waals surface area contributed by atoms with Crippen LogP contribution in [-0.2, 0) is 0 Å². The smallest absolute Gasteiger partial charge is 0.0998 e. The summed E-state index contributed by atoms with van der Waals surface area (Å²) >= 11 is 0. The van der Waals surface area contributed by atoms with Gasteiger partial charge in [0, 0.05) is 29.5 Å². The molecule has 19 heavy (non-hydrogen) atoms. The van der Waals surface area contributed by atoms with E-state index in [-0.39, 0.29) is 0 Å². The van der Waals surface area contributed by atoms with Gasteiger partial charge in [-0.05, 0) is 25.5 Å². The van der Waals surface area contributed by atoms with E-state index in [0.29, 0.717) is 0 Å². The van der Waals surface area contributed by atoms with Gasteiger partial charge in [-0.3, -0.25) is 0 Å². The molecular formula is C17H20N2. The Morgan fingerprint density at radius 1 is 1.05 bits per heavy atom. The van der Waals surface area contributed by atoms with Crippen molar-refractivity contribution < 1.29 is 0 Å². The number of hydrogen-bond donors (Lipinski definition) is 0. The lowest BCUT2D eigenvalue weighted by molar-refractivity contribution is 0.734. The molecule has 0 aromatic heterocycles. The number of anilines is 1. The van der Waals surface area contributed by atoms with Crippen LogP contribution in [-0.4, -0.2) is 13.1 Å². The number of fused-ring (bicyclic) bond motifs is 1. The molecule has 0 aliphatic carbocycles. The van der Waals surface area contributed by atoms with Crippen LogP contribution < -0.4 is 4.90 Å². The number of hydrogen-bond acceptors (Lipinski definition) is 2. The molecule has 0 N–H and O–H groups in total. The van der Waals surface area contributed by atoms with Crippen LogP contribution in [0.3, 0.4) is 0 Å². The molecule has 0 saturated carbocycles. The second-order valence-electron chi connectivity index (χ2n) is 4.72. The standard InChI is InChI=1S/C17H20N2/c1-3-5-12-19(4-2)17-11-10-14(13-18)15-8-6-7-9-16(15)17/h6-11H,3-5,12H2,1-2H3. The Labute approximate surface area is 115 Å². The summed E-state index contributed by atoms with van der Waals surface area (Å²) in [6, 6.07) is 14.5. The Hall–Kier alpha value is -2.01. The molecule has 0 amide bonds. The SMILES string of the molecule is CCCCN(CC)c1ccc(C#N)c2ccccc12. The first kappa shape index (κ1) is 13.4. The van der Waals surface area contributed by atoms with Gasteiger partial charge in [0.2, 0.25) is 0 Å². The molecule has 2 rings (SSSR count). The zero-order valence-electron chi connectivity index (χ0n) is 11.7. The van der Waals surface area contributed by atoms with Crippen molar-refractivity contribution in [3.8, 4) is 6.07 Å². The molecule has 0 bridgehead atoms. The van der Waals surface area contributed by atoms with E-state index < -0.39 is 0 Å². The van der Waals surface area contributed by atoms with E-state index in [4.69, 9.17) is 0 Å². The minimum absolute atomic E-state index is 0.755. The van der Waals surface area contributed by atoms with E-state index >= 15 is 0 Å². The summed E-state index contributed by atoms with van der Waals surface area (Å²) in [4.78, 5) is 2.40. The van der Waals surface area contributed by atoms with E-state index in [1.54, 1.807) is 0 Å². The van der Waals surface area contributed by atoms with Crippen molar-refractivity contribution in [2.45, 2.75) is 26.7 Å². The number of benzene rings is 2. The molecule has 0 spiro atoms. The highest BCUT2D eigenvalue weighted by Gasteiger charge is 2.10. The average Bonchev–Trinajstić information content (AvgIpc) is 2.48. The Bertz CT molecular complexity index is 596. The van der Waals surface area contributed by atoms with Crippen molar-refractivity contribution >= 4 is 16.5 Å². The Kier molecular flexibility index (Phi) is 4.41. The highest BCUT2D eigenvalue weighted by Crippen LogP contribution is 2.29. The van der Waals surface area contributed by atoms with Crippen molar-refractivity contribution in [1.82, 2.24) is 0 Å². The van der Waals surface area contributed by atoms with E-state index in [2.05, 4.69) is 36.9 Å². The molecule has 0 atom stereocenters. The largest absolute Gasteiger partial charge is 0.371 e. The van der Waals surface area contributed by atoms with Gasteiger partial charge in [0.05, 0.1) is 11.6 Å². The summed E-state index contributed by atoms with van der Waals surface area (Å²) in [6.45, 7) is 6.46. The molecule has 98 valence electrons. The fraction of sp³-hybridized carbons (Fsp3) is 0.353.